The Kier molecular flexibility index (Phi) is 3.72. The van der Waals surface area contributed by atoms with Gasteiger partial charge in [-0.25, -0.2) is 0 Å². The number of hydrogen-bond donors (Lipinski definition) is 1. The molecule has 4 aromatic rings. The molecule has 3 aromatic carbocycles. The third-order valence-electron chi connectivity index (χ3n) is 3.96. The van der Waals surface area contributed by atoms with Gasteiger partial charge in [0.1, 0.15) is 0 Å². The molecule has 0 aliphatic heterocycles. The van der Waals surface area contributed by atoms with Gasteiger partial charge in [-0.1, -0.05) is 70.0 Å². The van der Waals surface area contributed by atoms with E-state index in [9.17, 15) is 0 Å². The molecular formula is C20H13BrClN. The maximum absolute atomic E-state index is 6.23. The monoisotopic (exact) mass is 381 g/mol. The highest BCUT2D eigenvalue weighted by Crippen LogP contribution is 2.39. The molecule has 0 fully saturated rings. The number of aromatic nitrogens is 1. The SMILES string of the molecule is Clc1ccc2[nH]c(-c3ccc(Br)cc3)c(-c3ccccc3)c2c1. The van der Waals surface area contributed by atoms with Crippen LogP contribution in [-0.4, -0.2) is 4.98 Å². The lowest BCUT2D eigenvalue weighted by molar-refractivity contribution is 1.44. The highest BCUT2D eigenvalue weighted by atomic mass is 79.9. The van der Waals surface area contributed by atoms with E-state index in [1.807, 2.05) is 24.3 Å². The van der Waals surface area contributed by atoms with Crippen molar-refractivity contribution in [3.8, 4) is 22.4 Å². The zero-order valence-electron chi connectivity index (χ0n) is 12.2. The predicted octanol–water partition coefficient (Wildman–Crippen LogP) is 6.92. The van der Waals surface area contributed by atoms with E-state index in [4.69, 9.17) is 11.6 Å². The molecule has 1 aromatic heterocycles. The quantitative estimate of drug-likeness (QED) is 0.387. The molecule has 0 radical (unpaired) electrons. The van der Waals surface area contributed by atoms with E-state index in [0.29, 0.717) is 0 Å². The maximum atomic E-state index is 6.23. The molecule has 112 valence electrons. The van der Waals surface area contributed by atoms with Crippen LogP contribution in [0.15, 0.2) is 77.3 Å². The van der Waals surface area contributed by atoms with Gasteiger partial charge in [0.2, 0.25) is 0 Å². The first kappa shape index (κ1) is 14.6. The summed E-state index contributed by atoms with van der Waals surface area (Å²) >= 11 is 9.73. The van der Waals surface area contributed by atoms with Crippen molar-refractivity contribution in [2.75, 3.05) is 0 Å². The minimum Gasteiger partial charge on any atom is -0.354 e. The normalized spacial score (nSPS) is 11.0. The molecule has 0 aliphatic carbocycles. The van der Waals surface area contributed by atoms with Crippen molar-refractivity contribution < 1.29 is 0 Å². The van der Waals surface area contributed by atoms with Gasteiger partial charge in [0.15, 0.2) is 0 Å². The molecule has 0 amide bonds. The van der Waals surface area contributed by atoms with Crippen LogP contribution < -0.4 is 0 Å². The Hall–Kier alpha value is -2.03. The molecule has 0 saturated carbocycles. The van der Waals surface area contributed by atoms with E-state index in [2.05, 4.69) is 69.4 Å². The van der Waals surface area contributed by atoms with Crippen molar-refractivity contribution in [3.63, 3.8) is 0 Å². The Labute approximate surface area is 148 Å². The zero-order chi connectivity index (χ0) is 15.8. The Balaban J connectivity index is 2.05. The summed E-state index contributed by atoms with van der Waals surface area (Å²) in [5, 5.41) is 1.89. The first-order chi connectivity index (χ1) is 11.2. The second-order valence-corrected chi connectivity index (χ2v) is 6.79. The molecule has 1 N–H and O–H groups in total. The van der Waals surface area contributed by atoms with E-state index in [-0.39, 0.29) is 0 Å². The van der Waals surface area contributed by atoms with Crippen LogP contribution in [0.25, 0.3) is 33.3 Å². The lowest BCUT2D eigenvalue weighted by Gasteiger charge is -2.06. The summed E-state index contributed by atoms with van der Waals surface area (Å²) < 4.78 is 1.07. The van der Waals surface area contributed by atoms with Gasteiger partial charge < -0.3 is 4.98 Å². The number of halogens is 2. The van der Waals surface area contributed by atoms with Crippen LogP contribution in [0.2, 0.25) is 5.02 Å². The Morgan fingerprint density at radius 2 is 1.52 bits per heavy atom. The van der Waals surface area contributed by atoms with Gasteiger partial charge in [-0.3, -0.25) is 0 Å². The Bertz CT molecular complexity index is 972. The molecule has 23 heavy (non-hydrogen) atoms. The van der Waals surface area contributed by atoms with Gasteiger partial charge in [0.25, 0.3) is 0 Å². The minimum atomic E-state index is 0.746. The first-order valence-electron chi connectivity index (χ1n) is 7.35. The van der Waals surface area contributed by atoms with Crippen LogP contribution in [0.1, 0.15) is 0 Å². The van der Waals surface area contributed by atoms with E-state index in [1.54, 1.807) is 0 Å². The summed E-state index contributed by atoms with van der Waals surface area (Å²) in [5.41, 5.74) is 5.72. The van der Waals surface area contributed by atoms with Crippen LogP contribution in [0.4, 0.5) is 0 Å². The molecule has 0 aliphatic rings. The van der Waals surface area contributed by atoms with Crippen molar-refractivity contribution >= 4 is 38.4 Å². The van der Waals surface area contributed by atoms with E-state index >= 15 is 0 Å². The summed E-state index contributed by atoms with van der Waals surface area (Å²) in [6.07, 6.45) is 0. The number of benzene rings is 3. The van der Waals surface area contributed by atoms with Gasteiger partial charge in [-0.2, -0.15) is 0 Å². The lowest BCUT2D eigenvalue weighted by Crippen LogP contribution is -1.82. The molecule has 1 nitrogen and oxygen atoms in total. The molecular weight excluding hydrogens is 370 g/mol. The van der Waals surface area contributed by atoms with Crippen molar-refractivity contribution in [2.24, 2.45) is 0 Å². The maximum Gasteiger partial charge on any atom is 0.0544 e. The molecule has 0 spiro atoms. The van der Waals surface area contributed by atoms with E-state index in [0.717, 1.165) is 31.7 Å². The fourth-order valence-electron chi connectivity index (χ4n) is 2.90. The first-order valence-corrected chi connectivity index (χ1v) is 8.52. The van der Waals surface area contributed by atoms with Crippen molar-refractivity contribution in [2.45, 2.75) is 0 Å². The number of nitrogens with one attached hydrogen (secondary N) is 1. The average molecular weight is 383 g/mol. The lowest BCUT2D eigenvalue weighted by atomic mass is 9.98. The van der Waals surface area contributed by atoms with E-state index < -0.39 is 0 Å². The van der Waals surface area contributed by atoms with Crippen LogP contribution in [0.3, 0.4) is 0 Å². The molecule has 3 heteroatoms. The minimum absolute atomic E-state index is 0.746. The molecule has 4 rings (SSSR count). The predicted molar refractivity (Wildman–Crippen MR) is 102 cm³/mol. The number of H-pyrrole nitrogens is 1. The fraction of sp³-hybridized carbons (Fsp3) is 0. The van der Waals surface area contributed by atoms with Crippen LogP contribution in [0, 0.1) is 0 Å². The van der Waals surface area contributed by atoms with E-state index in [1.165, 1.54) is 11.1 Å². The largest absolute Gasteiger partial charge is 0.354 e. The molecule has 0 bridgehead atoms. The van der Waals surface area contributed by atoms with Gasteiger partial charge in [0.05, 0.1) is 5.69 Å². The Morgan fingerprint density at radius 3 is 2.26 bits per heavy atom. The standard InChI is InChI=1S/C20H13BrClN/c21-15-8-6-14(7-9-15)20-19(13-4-2-1-3-5-13)17-12-16(22)10-11-18(17)23-20/h1-12,23H. The highest BCUT2D eigenvalue weighted by Gasteiger charge is 2.15. The number of hydrogen-bond acceptors (Lipinski definition) is 0. The summed E-state index contributed by atoms with van der Waals surface area (Å²) in [6.45, 7) is 0. The zero-order valence-corrected chi connectivity index (χ0v) is 14.5. The molecule has 0 saturated heterocycles. The van der Waals surface area contributed by atoms with Gasteiger partial charge in [-0.05, 0) is 41.5 Å². The summed E-state index contributed by atoms with van der Waals surface area (Å²) in [6, 6.07) is 24.7. The van der Waals surface area contributed by atoms with Crippen molar-refractivity contribution in [1.82, 2.24) is 4.98 Å². The average Bonchev–Trinajstić information content (AvgIpc) is 2.95. The fourth-order valence-corrected chi connectivity index (χ4v) is 3.34. The summed E-state index contributed by atoms with van der Waals surface area (Å²) in [5.74, 6) is 0. The highest BCUT2D eigenvalue weighted by molar-refractivity contribution is 9.10. The van der Waals surface area contributed by atoms with Crippen LogP contribution in [-0.2, 0) is 0 Å². The van der Waals surface area contributed by atoms with Gasteiger partial charge in [0, 0.05) is 26.0 Å². The third-order valence-corrected chi connectivity index (χ3v) is 4.72. The smallest absolute Gasteiger partial charge is 0.0544 e. The van der Waals surface area contributed by atoms with Crippen molar-refractivity contribution in [3.05, 3.63) is 82.3 Å². The van der Waals surface area contributed by atoms with Crippen molar-refractivity contribution in [1.29, 1.82) is 0 Å². The topological polar surface area (TPSA) is 15.8 Å². The van der Waals surface area contributed by atoms with Crippen LogP contribution in [0.5, 0.6) is 0 Å². The third kappa shape index (κ3) is 2.69. The number of rotatable bonds is 2. The molecule has 1 heterocycles. The number of fused-ring (bicyclic) bond motifs is 1. The number of aromatic amines is 1. The Morgan fingerprint density at radius 1 is 0.783 bits per heavy atom. The summed E-state index contributed by atoms with van der Waals surface area (Å²) in [7, 11) is 0. The second kappa shape index (κ2) is 5.88. The van der Waals surface area contributed by atoms with Gasteiger partial charge in [-0.15, -0.1) is 0 Å². The molecule has 0 atom stereocenters. The molecule has 0 unspecified atom stereocenters. The van der Waals surface area contributed by atoms with Gasteiger partial charge >= 0.3 is 0 Å². The van der Waals surface area contributed by atoms with Crippen LogP contribution >= 0.6 is 27.5 Å². The summed E-state index contributed by atoms with van der Waals surface area (Å²) in [4.78, 5) is 3.55. The second-order valence-electron chi connectivity index (χ2n) is 5.44.